The maximum atomic E-state index is 12.7. The van der Waals surface area contributed by atoms with E-state index >= 15 is 0 Å². The molecule has 0 bridgehead atoms. The first-order valence-electron chi connectivity index (χ1n) is 7.51. The van der Waals surface area contributed by atoms with Crippen LogP contribution in [0.2, 0.25) is 0 Å². The van der Waals surface area contributed by atoms with Gasteiger partial charge in [0.15, 0.2) is 0 Å². The van der Waals surface area contributed by atoms with Gasteiger partial charge >= 0.3 is 0 Å². The molecule has 0 radical (unpaired) electrons. The number of phenols is 1. The first-order valence-corrected chi connectivity index (χ1v) is 7.51. The van der Waals surface area contributed by atoms with Gasteiger partial charge in [-0.2, -0.15) is 0 Å². The van der Waals surface area contributed by atoms with Crippen molar-refractivity contribution in [3.8, 4) is 5.75 Å². The lowest BCUT2D eigenvalue weighted by molar-refractivity contribution is -0.134. The molecule has 0 unspecified atom stereocenters. The molecule has 2 aromatic carbocycles. The van der Waals surface area contributed by atoms with Gasteiger partial charge in [0, 0.05) is 35.3 Å². The Morgan fingerprint density at radius 3 is 2.25 bits per heavy atom. The van der Waals surface area contributed by atoms with Gasteiger partial charge in [-0.25, -0.2) is 0 Å². The zero-order valence-corrected chi connectivity index (χ0v) is 12.9. The molecule has 5 heteroatoms. The molecule has 0 saturated carbocycles. The SMILES string of the molecule is CN1C(=O)C(c2ccccc2O)=C(c2c[nH]c3ccccc23)C1=O. The Hall–Kier alpha value is -3.34. The Labute approximate surface area is 137 Å². The Kier molecular flexibility index (Phi) is 3.03. The van der Waals surface area contributed by atoms with E-state index in [1.165, 1.54) is 13.1 Å². The summed E-state index contributed by atoms with van der Waals surface area (Å²) < 4.78 is 0. The van der Waals surface area contributed by atoms with Crippen LogP contribution >= 0.6 is 0 Å². The van der Waals surface area contributed by atoms with E-state index in [9.17, 15) is 14.7 Å². The number of nitrogens with zero attached hydrogens (tertiary/aromatic N) is 1. The third-order valence-electron chi connectivity index (χ3n) is 4.32. The normalized spacial score (nSPS) is 15.0. The summed E-state index contributed by atoms with van der Waals surface area (Å²) in [5.74, 6) is -0.814. The molecule has 1 aliphatic heterocycles. The Bertz CT molecular complexity index is 1030. The van der Waals surface area contributed by atoms with E-state index in [0.29, 0.717) is 16.7 Å². The Balaban J connectivity index is 2.06. The second-order valence-corrected chi connectivity index (χ2v) is 5.68. The largest absolute Gasteiger partial charge is 0.507 e. The lowest BCUT2D eigenvalue weighted by Crippen LogP contribution is -2.26. The third-order valence-corrected chi connectivity index (χ3v) is 4.32. The number of carbonyl (C=O) groups is 2. The van der Waals surface area contributed by atoms with Gasteiger partial charge in [0.1, 0.15) is 5.75 Å². The number of likely N-dealkylation sites (N-methyl/N-ethyl adjacent to an activating group) is 1. The van der Waals surface area contributed by atoms with E-state index in [1.54, 1.807) is 24.4 Å². The van der Waals surface area contributed by atoms with Gasteiger partial charge in [-0.1, -0.05) is 36.4 Å². The zero-order valence-electron chi connectivity index (χ0n) is 12.9. The summed E-state index contributed by atoms with van der Waals surface area (Å²) >= 11 is 0. The van der Waals surface area contributed by atoms with Crippen molar-refractivity contribution >= 4 is 33.9 Å². The lowest BCUT2D eigenvalue weighted by atomic mass is 9.95. The number of aromatic amines is 1. The number of aromatic hydroxyl groups is 1. The van der Waals surface area contributed by atoms with E-state index in [4.69, 9.17) is 0 Å². The number of para-hydroxylation sites is 2. The smallest absolute Gasteiger partial charge is 0.262 e. The monoisotopic (exact) mass is 318 g/mol. The lowest BCUT2D eigenvalue weighted by Gasteiger charge is -2.07. The Morgan fingerprint density at radius 1 is 0.875 bits per heavy atom. The first kappa shape index (κ1) is 14.3. The number of hydrogen-bond donors (Lipinski definition) is 2. The highest BCUT2D eigenvalue weighted by Gasteiger charge is 2.38. The van der Waals surface area contributed by atoms with Gasteiger partial charge in [0.05, 0.1) is 11.1 Å². The first-order chi connectivity index (χ1) is 11.6. The molecular weight excluding hydrogens is 304 g/mol. The van der Waals surface area contributed by atoms with Crippen molar-refractivity contribution in [3.05, 3.63) is 65.9 Å². The number of aromatic nitrogens is 1. The van der Waals surface area contributed by atoms with E-state index in [-0.39, 0.29) is 17.2 Å². The molecule has 2 amide bonds. The molecule has 0 spiro atoms. The predicted molar refractivity (Wildman–Crippen MR) is 91.0 cm³/mol. The summed E-state index contributed by atoms with van der Waals surface area (Å²) in [6.45, 7) is 0. The van der Waals surface area contributed by atoms with E-state index in [2.05, 4.69) is 4.98 Å². The quantitative estimate of drug-likeness (QED) is 0.714. The molecule has 0 atom stereocenters. The summed E-state index contributed by atoms with van der Waals surface area (Å²) in [6, 6.07) is 14.1. The van der Waals surface area contributed by atoms with Crippen LogP contribution in [0.25, 0.3) is 22.0 Å². The van der Waals surface area contributed by atoms with Gasteiger partial charge in [-0.15, -0.1) is 0 Å². The van der Waals surface area contributed by atoms with Crippen molar-refractivity contribution < 1.29 is 14.7 Å². The number of benzene rings is 2. The molecule has 0 aliphatic carbocycles. The standard InChI is InChI=1S/C19H14N2O3/c1-21-18(23)16(12-7-3-5-9-15(12)22)17(19(21)24)13-10-20-14-8-4-2-6-11(13)14/h2-10,20,22H,1H3. The van der Waals surface area contributed by atoms with Crippen LogP contribution in [0.15, 0.2) is 54.7 Å². The molecule has 118 valence electrons. The summed E-state index contributed by atoms with van der Waals surface area (Å²) in [4.78, 5) is 29.5. The predicted octanol–water partition coefficient (Wildman–Crippen LogP) is 2.78. The maximum absolute atomic E-state index is 12.7. The van der Waals surface area contributed by atoms with Crippen molar-refractivity contribution in [1.82, 2.24) is 9.88 Å². The van der Waals surface area contributed by atoms with Gasteiger partial charge < -0.3 is 10.1 Å². The van der Waals surface area contributed by atoms with E-state index in [1.807, 2.05) is 24.3 Å². The minimum absolute atomic E-state index is 0.0266. The third kappa shape index (κ3) is 1.88. The summed E-state index contributed by atoms with van der Waals surface area (Å²) in [7, 11) is 1.45. The molecule has 0 saturated heterocycles. The van der Waals surface area contributed by atoms with Crippen LogP contribution in [0.4, 0.5) is 0 Å². The zero-order chi connectivity index (χ0) is 16.8. The molecule has 24 heavy (non-hydrogen) atoms. The number of hydrogen-bond acceptors (Lipinski definition) is 3. The molecule has 2 N–H and O–H groups in total. The maximum Gasteiger partial charge on any atom is 0.262 e. The summed E-state index contributed by atoms with van der Waals surface area (Å²) in [6.07, 6.45) is 1.73. The highest BCUT2D eigenvalue weighted by atomic mass is 16.3. The molecule has 1 aliphatic rings. The van der Waals surface area contributed by atoms with Gasteiger partial charge in [-0.05, 0) is 12.1 Å². The second-order valence-electron chi connectivity index (χ2n) is 5.68. The van der Waals surface area contributed by atoms with E-state index < -0.39 is 5.91 Å². The molecule has 2 heterocycles. The number of fused-ring (bicyclic) bond motifs is 1. The fraction of sp³-hybridized carbons (Fsp3) is 0.0526. The van der Waals surface area contributed by atoms with Crippen LogP contribution in [-0.4, -0.2) is 33.9 Å². The van der Waals surface area contributed by atoms with Crippen molar-refractivity contribution in [3.63, 3.8) is 0 Å². The molecule has 1 aromatic heterocycles. The number of amides is 2. The molecule has 3 aromatic rings. The van der Waals surface area contributed by atoms with Crippen molar-refractivity contribution in [2.24, 2.45) is 0 Å². The van der Waals surface area contributed by atoms with Gasteiger partial charge in [-0.3, -0.25) is 14.5 Å². The highest BCUT2D eigenvalue weighted by Crippen LogP contribution is 2.40. The van der Waals surface area contributed by atoms with Gasteiger partial charge in [0.25, 0.3) is 11.8 Å². The van der Waals surface area contributed by atoms with Crippen molar-refractivity contribution in [1.29, 1.82) is 0 Å². The van der Waals surface area contributed by atoms with Crippen LogP contribution < -0.4 is 0 Å². The number of nitrogens with one attached hydrogen (secondary N) is 1. The number of phenolic OH excluding ortho intramolecular Hbond substituents is 1. The van der Waals surface area contributed by atoms with Crippen LogP contribution in [0.1, 0.15) is 11.1 Å². The number of rotatable bonds is 2. The average molecular weight is 318 g/mol. The van der Waals surface area contributed by atoms with Crippen LogP contribution in [0.3, 0.4) is 0 Å². The fourth-order valence-corrected chi connectivity index (χ4v) is 3.10. The summed E-state index contributed by atoms with van der Waals surface area (Å²) in [5, 5.41) is 11.0. The molecule has 5 nitrogen and oxygen atoms in total. The van der Waals surface area contributed by atoms with Crippen LogP contribution in [0, 0.1) is 0 Å². The highest BCUT2D eigenvalue weighted by molar-refractivity contribution is 6.49. The minimum atomic E-state index is -0.415. The van der Waals surface area contributed by atoms with Crippen molar-refractivity contribution in [2.75, 3.05) is 7.05 Å². The topological polar surface area (TPSA) is 73.4 Å². The summed E-state index contributed by atoms with van der Waals surface area (Å²) in [5.41, 5.74) is 2.44. The number of imide groups is 1. The number of H-pyrrole nitrogens is 1. The number of carbonyl (C=O) groups excluding carboxylic acids is 2. The molecule has 4 rings (SSSR count). The second kappa shape index (κ2) is 5.09. The van der Waals surface area contributed by atoms with Crippen molar-refractivity contribution in [2.45, 2.75) is 0 Å². The Morgan fingerprint density at radius 2 is 1.50 bits per heavy atom. The van der Waals surface area contributed by atoms with Gasteiger partial charge in [0.2, 0.25) is 0 Å². The minimum Gasteiger partial charge on any atom is -0.507 e. The van der Waals surface area contributed by atoms with Crippen LogP contribution in [-0.2, 0) is 9.59 Å². The van der Waals surface area contributed by atoms with E-state index in [0.717, 1.165) is 15.8 Å². The molecular formula is C19H14N2O3. The molecule has 0 fully saturated rings. The average Bonchev–Trinajstić information content (AvgIpc) is 3.10. The fourth-order valence-electron chi connectivity index (χ4n) is 3.10. The van der Waals surface area contributed by atoms with Crippen LogP contribution in [0.5, 0.6) is 5.75 Å².